The molecule has 0 spiro atoms. The molecule has 2 aliphatic heterocycles. The molecule has 0 bridgehead atoms. The molecule has 4 aromatic carbocycles. The quantitative estimate of drug-likeness (QED) is 0.151. The third kappa shape index (κ3) is 6.19. The van der Waals surface area contributed by atoms with Gasteiger partial charge in [0, 0.05) is 53.2 Å². The second-order valence-electron chi connectivity index (χ2n) is 12.3. The molecule has 0 saturated heterocycles. The van der Waals surface area contributed by atoms with Crippen LogP contribution in [0.3, 0.4) is 0 Å². The number of ether oxygens (including phenoxy) is 2. The fraction of sp³-hybridized carbons (Fsp3) is 0.389. The van der Waals surface area contributed by atoms with Crippen molar-refractivity contribution in [2.45, 2.75) is 62.6 Å². The van der Waals surface area contributed by atoms with Crippen molar-refractivity contribution in [1.29, 1.82) is 0 Å². The molecule has 2 aliphatic rings. The smallest absolute Gasteiger partial charge is 0.142 e. The zero-order valence-electron chi connectivity index (χ0n) is 24.9. The van der Waals surface area contributed by atoms with E-state index in [1.165, 1.54) is 38.6 Å². The van der Waals surface area contributed by atoms with Crippen LogP contribution in [0.1, 0.15) is 61.4 Å². The lowest BCUT2D eigenvalue weighted by atomic mass is 9.70. The molecule has 0 amide bonds. The monoisotopic (exact) mass is 598 g/mol. The topological polar surface area (TPSA) is 24.9 Å². The number of fused-ring (bicyclic) bond motifs is 3. The summed E-state index contributed by atoms with van der Waals surface area (Å²) in [5.41, 5.74) is 5.91. The molecule has 0 aromatic heterocycles. The van der Waals surface area contributed by atoms with Gasteiger partial charge < -0.3 is 9.47 Å². The molecule has 2 atom stereocenters. The third-order valence-electron chi connectivity index (χ3n) is 8.92. The van der Waals surface area contributed by atoms with Crippen molar-refractivity contribution >= 4 is 36.0 Å². The van der Waals surface area contributed by atoms with Crippen molar-refractivity contribution in [1.82, 2.24) is 9.80 Å². The van der Waals surface area contributed by atoms with Crippen molar-refractivity contribution < 1.29 is 9.47 Å². The van der Waals surface area contributed by atoms with Gasteiger partial charge in [0.1, 0.15) is 25.0 Å². The van der Waals surface area contributed by atoms with Crippen LogP contribution in [0.25, 0.3) is 10.8 Å². The summed E-state index contributed by atoms with van der Waals surface area (Å²) in [5.74, 6) is 1.98. The van der Waals surface area contributed by atoms with Crippen molar-refractivity contribution in [2.24, 2.45) is 0 Å². The molecular weight excluding hydrogens is 557 g/mol. The predicted octanol–water partition coefficient (Wildman–Crippen LogP) is 7.91. The highest BCUT2D eigenvalue weighted by Crippen LogP contribution is 2.43. The van der Waals surface area contributed by atoms with Gasteiger partial charge in [-0.25, -0.2) is 0 Å². The Labute approximate surface area is 261 Å². The minimum absolute atomic E-state index is 0.374. The molecule has 4 nitrogen and oxygen atoms in total. The van der Waals surface area contributed by atoms with Gasteiger partial charge in [0.25, 0.3) is 0 Å². The number of thiol groups is 2. The highest BCUT2D eigenvalue weighted by atomic mass is 32.1. The number of rotatable bonds is 9. The van der Waals surface area contributed by atoms with Gasteiger partial charge in [-0.1, -0.05) is 62.4 Å². The SMILES string of the molecule is CC(S)CCN1COc2ccc(C(C)(c3ccc4c(c3)CN(CCC(C)S)CO4)c3ccc4ccccc4c3)cc2C1. The first kappa shape index (κ1) is 29.4. The van der Waals surface area contributed by atoms with Gasteiger partial charge in [-0.15, -0.1) is 0 Å². The summed E-state index contributed by atoms with van der Waals surface area (Å²) < 4.78 is 12.4. The maximum absolute atomic E-state index is 6.20. The van der Waals surface area contributed by atoms with E-state index in [-0.39, 0.29) is 5.41 Å². The van der Waals surface area contributed by atoms with Crippen LogP contribution >= 0.6 is 25.3 Å². The van der Waals surface area contributed by atoms with E-state index in [9.17, 15) is 0 Å². The van der Waals surface area contributed by atoms with E-state index in [0.29, 0.717) is 24.0 Å². The molecular formula is C36H42N2O2S2. The predicted molar refractivity (Wildman–Crippen MR) is 180 cm³/mol. The van der Waals surface area contributed by atoms with Crippen LogP contribution in [0.5, 0.6) is 11.5 Å². The van der Waals surface area contributed by atoms with E-state index in [2.05, 4.69) is 135 Å². The zero-order chi connectivity index (χ0) is 29.3. The fourth-order valence-electron chi connectivity index (χ4n) is 6.23. The maximum Gasteiger partial charge on any atom is 0.142 e. The van der Waals surface area contributed by atoms with E-state index in [1.54, 1.807) is 0 Å². The van der Waals surface area contributed by atoms with Gasteiger partial charge >= 0.3 is 0 Å². The molecule has 0 saturated carbocycles. The zero-order valence-corrected chi connectivity index (χ0v) is 26.7. The van der Waals surface area contributed by atoms with Gasteiger partial charge in [0.15, 0.2) is 0 Å². The van der Waals surface area contributed by atoms with Gasteiger partial charge in [0.05, 0.1) is 0 Å². The minimum Gasteiger partial charge on any atom is -0.478 e. The summed E-state index contributed by atoms with van der Waals surface area (Å²) in [6.45, 7) is 11.6. The first-order valence-electron chi connectivity index (χ1n) is 15.1. The van der Waals surface area contributed by atoms with Crippen LogP contribution in [0.4, 0.5) is 0 Å². The van der Waals surface area contributed by atoms with Crippen LogP contribution in [-0.2, 0) is 18.5 Å². The van der Waals surface area contributed by atoms with Crippen LogP contribution < -0.4 is 9.47 Å². The number of hydrogen-bond donors (Lipinski definition) is 2. The van der Waals surface area contributed by atoms with E-state index >= 15 is 0 Å². The Bertz CT molecular complexity index is 1480. The largest absolute Gasteiger partial charge is 0.478 e. The maximum atomic E-state index is 6.20. The Morgan fingerprint density at radius 2 is 1.14 bits per heavy atom. The highest BCUT2D eigenvalue weighted by molar-refractivity contribution is 7.81. The molecule has 2 heterocycles. The average Bonchev–Trinajstić information content (AvgIpc) is 3.01. The Morgan fingerprint density at radius 1 is 0.667 bits per heavy atom. The van der Waals surface area contributed by atoms with E-state index in [1.807, 2.05) is 0 Å². The third-order valence-corrected chi connectivity index (χ3v) is 9.44. The second-order valence-corrected chi connectivity index (χ2v) is 14.0. The Balaban J connectivity index is 1.41. The Hall–Kier alpha value is -2.64. The van der Waals surface area contributed by atoms with Crippen molar-refractivity contribution in [3.05, 3.63) is 107 Å². The number of nitrogens with zero attached hydrogens (tertiary/aromatic N) is 2. The average molecular weight is 599 g/mol. The van der Waals surface area contributed by atoms with Crippen molar-refractivity contribution in [3.8, 4) is 11.5 Å². The first-order chi connectivity index (χ1) is 20.3. The van der Waals surface area contributed by atoms with Crippen LogP contribution in [0.2, 0.25) is 0 Å². The van der Waals surface area contributed by atoms with Gasteiger partial charge in [-0.05, 0) is 77.6 Å². The van der Waals surface area contributed by atoms with Crippen molar-refractivity contribution in [2.75, 3.05) is 26.6 Å². The lowest BCUT2D eigenvalue weighted by molar-refractivity contribution is 0.0942. The van der Waals surface area contributed by atoms with Crippen LogP contribution in [-0.4, -0.2) is 46.9 Å². The Kier molecular flexibility index (Phi) is 8.78. The number of hydrogen-bond acceptors (Lipinski definition) is 6. The molecule has 220 valence electrons. The summed E-state index contributed by atoms with van der Waals surface area (Å²) in [4.78, 5) is 4.76. The van der Waals surface area contributed by atoms with Crippen LogP contribution in [0.15, 0.2) is 78.9 Å². The van der Waals surface area contributed by atoms with E-state index in [0.717, 1.165) is 50.5 Å². The van der Waals surface area contributed by atoms with Gasteiger partial charge in [0.2, 0.25) is 0 Å². The normalized spacial score (nSPS) is 18.3. The molecule has 2 unspecified atom stereocenters. The Morgan fingerprint density at radius 3 is 1.67 bits per heavy atom. The second kappa shape index (κ2) is 12.5. The van der Waals surface area contributed by atoms with Gasteiger partial charge in [-0.2, -0.15) is 25.3 Å². The summed E-state index contributed by atoms with van der Waals surface area (Å²) in [6, 6.07) is 29.1. The molecule has 4 aromatic rings. The molecule has 0 fully saturated rings. The summed E-state index contributed by atoms with van der Waals surface area (Å²) in [6.07, 6.45) is 2.08. The molecule has 0 N–H and O–H groups in total. The molecule has 42 heavy (non-hydrogen) atoms. The van der Waals surface area contributed by atoms with Gasteiger partial charge in [-0.3, -0.25) is 9.80 Å². The molecule has 6 heteroatoms. The highest BCUT2D eigenvalue weighted by Gasteiger charge is 2.34. The summed E-state index contributed by atoms with van der Waals surface area (Å²) in [7, 11) is 0. The first-order valence-corrected chi connectivity index (χ1v) is 16.2. The summed E-state index contributed by atoms with van der Waals surface area (Å²) in [5, 5.41) is 3.26. The molecule has 6 rings (SSSR count). The van der Waals surface area contributed by atoms with E-state index in [4.69, 9.17) is 9.47 Å². The molecule has 0 aliphatic carbocycles. The standard InChI is InChI=1S/C36H42N2O2S2/c1-25(41)14-16-37-21-29-19-32(10-12-34(29)39-23-37)36(3,31-9-8-27-6-4-5-7-28(27)18-31)33-11-13-35-30(20-33)22-38(24-40-35)17-15-26(2)42/h4-13,18-20,25-26,41-42H,14-17,21-24H2,1-3H3. The lowest BCUT2D eigenvalue weighted by Gasteiger charge is -2.36. The fourth-order valence-corrected chi connectivity index (χ4v) is 6.46. The minimum atomic E-state index is -0.377. The van der Waals surface area contributed by atoms with Crippen LogP contribution in [0, 0.1) is 0 Å². The molecule has 0 radical (unpaired) electrons. The summed E-state index contributed by atoms with van der Waals surface area (Å²) >= 11 is 9.18. The van der Waals surface area contributed by atoms with Crippen molar-refractivity contribution in [3.63, 3.8) is 0 Å². The number of benzene rings is 4. The van der Waals surface area contributed by atoms with E-state index < -0.39 is 0 Å². The lowest BCUT2D eigenvalue weighted by Crippen LogP contribution is -2.35.